The van der Waals surface area contributed by atoms with Crippen molar-refractivity contribution < 1.29 is 22.7 Å². The molecule has 0 atom stereocenters. The minimum Gasteiger partial charge on any atom is -0.493 e. The second kappa shape index (κ2) is 9.43. The van der Waals surface area contributed by atoms with Gasteiger partial charge in [-0.2, -0.15) is 18.4 Å². The average Bonchev–Trinajstić information content (AvgIpc) is 3.01. The maximum Gasteiger partial charge on any atom is 0.419 e. The summed E-state index contributed by atoms with van der Waals surface area (Å²) < 4.78 is 46.3. The molecule has 0 spiro atoms. The van der Waals surface area contributed by atoms with Gasteiger partial charge in [-0.15, -0.1) is 0 Å². The summed E-state index contributed by atoms with van der Waals surface area (Å²) in [5.41, 5.74) is -2.71. The normalized spacial score (nSPS) is 18.6. The molecule has 4 rings (SSSR count). The lowest BCUT2D eigenvalue weighted by Gasteiger charge is -2.29. The van der Waals surface area contributed by atoms with Crippen molar-refractivity contribution in [2.75, 3.05) is 29.5 Å². The van der Waals surface area contributed by atoms with Crippen molar-refractivity contribution in [2.45, 2.75) is 38.4 Å². The lowest BCUT2D eigenvalue weighted by Crippen LogP contribution is -2.44. The van der Waals surface area contributed by atoms with Gasteiger partial charge in [-0.25, -0.2) is 4.98 Å². The van der Waals surface area contributed by atoms with Crippen LogP contribution in [0.25, 0.3) is 0 Å². The summed E-state index contributed by atoms with van der Waals surface area (Å²) >= 11 is 5.54. The summed E-state index contributed by atoms with van der Waals surface area (Å²) in [5, 5.41) is 12.3. The van der Waals surface area contributed by atoms with Crippen LogP contribution in [0.1, 0.15) is 37.9 Å². The molecular formula is C24H24F3N5O2S. The highest BCUT2D eigenvalue weighted by Gasteiger charge is 2.51. The summed E-state index contributed by atoms with van der Waals surface area (Å²) in [6.07, 6.45) is -1.63. The molecule has 0 bridgehead atoms. The Bertz CT molecular complexity index is 1170. The van der Waals surface area contributed by atoms with E-state index in [9.17, 15) is 18.0 Å². The molecule has 2 aliphatic heterocycles. The fraction of sp³-hybridized carbons (Fsp3) is 0.417. The number of anilines is 2. The number of carbonyl (C=O) groups excluding carboxylic acids is 1. The minimum absolute atomic E-state index is 0.0167. The van der Waals surface area contributed by atoms with Crippen molar-refractivity contribution in [1.82, 2.24) is 10.3 Å². The highest BCUT2D eigenvalue weighted by Crippen LogP contribution is 2.39. The van der Waals surface area contributed by atoms with Gasteiger partial charge in [0.25, 0.3) is 5.91 Å². The zero-order valence-corrected chi connectivity index (χ0v) is 20.0. The number of pyridine rings is 1. The molecule has 184 valence electrons. The number of thiocarbonyl (C=S) groups is 1. The van der Waals surface area contributed by atoms with Gasteiger partial charge in [-0.1, -0.05) is 0 Å². The Morgan fingerprint density at radius 2 is 1.89 bits per heavy atom. The largest absolute Gasteiger partial charge is 0.493 e. The smallest absolute Gasteiger partial charge is 0.419 e. The number of nitriles is 1. The lowest BCUT2D eigenvalue weighted by atomic mass is 9.99. The molecule has 1 amide bonds. The number of ether oxygens (including phenoxy) is 1. The third-order valence-electron chi connectivity index (χ3n) is 6.25. The number of piperidine rings is 1. The highest BCUT2D eigenvalue weighted by atomic mass is 32.1. The Morgan fingerprint density at radius 3 is 2.49 bits per heavy atom. The zero-order chi connectivity index (χ0) is 25.4. The molecule has 2 aromatic rings. The molecule has 1 aromatic heterocycles. The van der Waals surface area contributed by atoms with Crippen molar-refractivity contribution >= 4 is 34.6 Å². The molecule has 0 unspecified atom stereocenters. The van der Waals surface area contributed by atoms with Crippen LogP contribution in [-0.2, 0) is 11.0 Å². The lowest BCUT2D eigenvalue weighted by molar-refractivity contribution is -0.138. The van der Waals surface area contributed by atoms with E-state index in [4.69, 9.17) is 22.2 Å². The van der Waals surface area contributed by atoms with E-state index < -0.39 is 28.9 Å². The monoisotopic (exact) mass is 503 g/mol. The second-order valence-electron chi connectivity index (χ2n) is 9.02. The van der Waals surface area contributed by atoms with Gasteiger partial charge in [-0.05, 0) is 88.2 Å². The van der Waals surface area contributed by atoms with Crippen LogP contribution in [0.3, 0.4) is 0 Å². The highest BCUT2D eigenvalue weighted by molar-refractivity contribution is 7.81. The summed E-state index contributed by atoms with van der Waals surface area (Å²) in [6, 6.07) is 9.27. The summed E-state index contributed by atoms with van der Waals surface area (Å²) in [6.45, 7) is 5.88. The first-order valence-corrected chi connectivity index (χ1v) is 11.5. The second-order valence-corrected chi connectivity index (χ2v) is 9.38. The van der Waals surface area contributed by atoms with Crippen molar-refractivity contribution in [3.05, 3.63) is 47.8 Å². The van der Waals surface area contributed by atoms with Crippen LogP contribution < -0.4 is 19.9 Å². The number of hydrogen-bond acceptors (Lipinski definition) is 6. The Balaban J connectivity index is 1.58. The van der Waals surface area contributed by atoms with Gasteiger partial charge in [0, 0.05) is 5.69 Å². The van der Waals surface area contributed by atoms with Crippen molar-refractivity contribution in [3.63, 3.8) is 0 Å². The van der Waals surface area contributed by atoms with Gasteiger partial charge in [0.1, 0.15) is 17.4 Å². The minimum atomic E-state index is -4.81. The number of benzene rings is 1. The number of nitrogens with one attached hydrogen (secondary N) is 1. The number of aromatic nitrogens is 1. The van der Waals surface area contributed by atoms with Crippen LogP contribution in [0, 0.1) is 17.2 Å². The van der Waals surface area contributed by atoms with E-state index in [1.807, 2.05) is 0 Å². The van der Waals surface area contributed by atoms with E-state index >= 15 is 0 Å². The molecule has 2 saturated heterocycles. The Hall–Kier alpha value is -3.23. The molecule has 1 aromatic carbocycles. The number of carbonyl (C=O) groups is 1. The maximum absolute atomic E-state index is 13.5. The summed E-state index contributed by atoms with van der Waals surface area (Å²) in [4.78, 5) is 19.5. The molecule has 2 aliphatic rings. The standard InChI is InChI=1S/C24H24F3N5O2S/c1-23(2)21(33)31(17-11-19(24(25,26)27)20(12-28)30-13-17)22(35)32(23)16-3-5-18(6-4-16)34-14-15-7-9-29-10-8-15/h3-6,11,13,15,29H,7-10,14H2,1-2H3. The van der Waals surface area contributed by atoms with Gasteiger partial charge < -0.3 is 15.0 Å². The molecule has 3 heterocycles. The first-order valence-electron chi connectivity index (χ1n) is 11.1. The fourth-order valence-corrected chi connectivity index (χ4v) is 4.81. The molecule has 0 radical (unpaired) electrons. The number of rotatable bonds is 5. The molecule has 7 nitrogen and oxygen atoms in total. The maximum atomic E-state index is 13.5. The summed E-state index contributed by atoms with van der Waals surface area (Å²) in [7, 11) is 0. The molecule has 11 heteroatoms. The molecule has 0 saturated carbocycles. The van der Waals surface area contributed by atoms with Crippen LogP contribution in [0.15, 0.2) is 36.5 Å². The number of hydrogen-bond donors (Lipinski definition) is 1. The first-order chi connectivity index (χ1) is 16.5. The third kappa shape index (κ3) is 4.81. The van der Waals surface area contributed by atoms with Gasteiger partial charge in [0.05, 0.1) is 24.1 Å². The quantitative estimate of drug-likeness (QED) is 0.611. The molecule has 35 heavy (non-hydrogen) atoms. The Morgan fingerprint density at radius 1 is 1.23 bits per heavy atom. The van der Waals surface area contributed by atoms with E-state index in [0.29, 0.717) is 24.0 Å². The summed E-state index contributed by atoms with van der Waals surface area (Å²) in [5.74, 6) is 0.674. The van der Waals surface area contributed by atoms with E-state index in [2.05, 4.69) is 10.3 Å². The number of alkyl halides is 3. The van der Waals surface area contributed by atoms with E-state index in [-0.39, 0.29) is 10.8 Å². The van der Waals surface area contributed by atoms with Crippen molar-refractivity contribution in [1.29, 1.82) is 5.26 Å². The number of amides is 1. The van der Waals surface area contributed by atoms with Crippen LogP contribution in [0.5, 0.6) is 5.75 Å². The molecule has 0 aliphatic carbocycles. The van der Waals surface area contributed by atoms with Crippen LogP contribution in [-0.4, -0.2) is 41.2 Å². The van der Waals surface area contributed by atoms with Gasteiger partial charge in [-0.3, -0.25) is 9.69 Å². The average molecular weight is 504 g/mol. The van der Waals surface area contributed by atoms with E-state index in [0.717, 1.165) is 43.1 Å². The molecule has 2 fully saturated rings. The third-order valence-corrected chi connectivity index (χ3v) is 6.62. The van der Waals surface area contributed by atoms with Crippen LogP contribution in [0.2, 0.25) is 0 Å². The zero-order valence-electron chi connectivity index (χ0n) is 19.2. The number of nitrogens with zero attached hydrogens (tertiary/aromatic N) is 4. The van der Waals surface area contributed by atoms with E-state index in [1.165, 1.54) is 6.07 Å². The Kier molecular flexibility index (Phi) is 6.71. The predicted octanol–water partition coefficient (Wildman–Crippen LogP) is 4.27. The molecular weight excluding hydrogens is 479 g/mol. The molecule has 1 N–H and O–H groups in total. The fourth-order valence-electron chi connectivity index (χ4n) is 4.29. The first kappa shape index (κ1) is 24.9. The van der Waals surface area contributed by atoms with Crippen molar-refractivity contribution in [2.24, 2.45) is 5.92 Å². The number of halogens is 3. The van der Waals surface area contributed by atoms with Crippen molar-refractivity contribution in [3.8, 4) is 11.8 Å². The Labute approximate surface area is 206 Å². The topological polar surface area (TPSA) is 81.5 Å². The van der Waals surface area contributed by atoms with Gasteiger partial charge >= 0.3 is 6.18 Å². The predicted molar refractivity (Wildman–Crippen MR) is 128 cm³/mol. The van der Waals surface area contributed by atoms with Gasteiger partial charge in [0.15, 0.2) is 10.8 Å². The van der Waals surface area contributed by atoms with Gasteiger partial charge in [0.2, 0.25) is 0 Å². The van der Waals surface area contributed by atoms with Crippen LogP contribution >= 0.6 is 12.2 Å². The SMILES string of the molecule is CC1(C)C(=O)N(c2cnc(C#N)c(C(F)(F)F)c2)C(=S)N1c1ccc(OCC2CCNCC2)cc1. The van der Waals surface area contributed by atoms with Crippen LogP contribution in [0.4, 0.5) is 24.5 Å². The van der Waals surface area contributed by atoms with E-state index in [1.54, 1.807) is 43.0 Å².